The molecule has 192 valence electrons. The molecule has 0 spiro atoms. The monoisotopic (exact) mass is 509 g/mol. The Hall–Kier alpha value is -3.01. The van der Waals surface area contributed by atoms with Crippen LogP contribution in [0.15, 0.2) is 59.6 Å². The highest BCUT2D eigenvalue weighted by atomic mass is 32.2. The number of rotatable bonds is 8. The summed E-state index contributed by atoms with van der Waals surface area (Å²) in [4.78, 5) is 11.7. The molecule has 2 N–H and O–H groups in total. The molecule has 0 aliphatic carbocycles. The Labute approximate surface area is 214 Å². The van der Waals surface area contributed by atoms with Crippen molar-refractivity contribution in [3.63, 3.8) is 0 Å². The van der Waals surface area contributed by atoms with E-state index in [-0.39, 0.29) is 11.2 Å². The van der Waals surface area contributed by atoms with E-state index in [1.54, 1.807) is 24.4 Å². The van der Waals surface area contributed by atoms with Crippen LogP contribution in [0.1, 0.15) is 31.9 Å². The molecular weight excluding hydrogens is 474 g/mol. The van der Waals surface area contributed by atoms with E-state index in [1.165, 1.54) is 5.56 Å². The predicted octanol–water partition coefficient (Wildman–Crippen LogP) is 4.92. The minimum absolute atomic E-state index is 0.0787. The Morgan fingerprint density at radius 2 is 1.72 bits per heavy atom. The lowest BCUT2D eigenvalue weighted by Crippen LogP contribution is -2.35. The third-order valence-electron chi connectivity index (χ3n) is 5.77. The minimum Gasteiger partial charge on any atom is -0.379 e. The lowest BCUT2D eigenvalue weighted by Gasteiger charge is -2.26. The van der Waals surface area contributed by atoms with Crippen LogP contribution in [-0.4, -0.2) is 55.3 Å². The molecule has 0 bridgehead atoms. The number of nitrogens with zero attached hydrogens (tertiary/aromatic N) is 3. The highest BCUT2D eigenvalue weighted by Crippen LogP contribution is 2.26. The molecule has 2 heterocycles. The van der Waals surface area contributed by atoms with Crippen LogP contribution >= 0.6 is 0 Å². The van der Waals surface area contributed by atoms with E-state index < -0.39 is 9.84 Å². The summed E-state index contributed by atoms with van der Waals surface area (Å²) in [7, 11) is -3.40. The molecule has 4 rings (SSSR count). The van der Waals surface area contributed by atoms with Gasteiger partial charge in [0, 0.05) is 42.8 Å². The van der Waals surface area contributed by atoms with Gasteiger partial charge in [0.15, 0.2) is 9.84 Å². The number of benzene rings is 2. The van der Waals surface area contributed by atoms with Crippen LogP contribution in [0.5, 0.6) is 0 Å². The van der Waals surface area contributed by atoms with Gasteiger partial charge in [0.05, 0.1) is 23.9 Å². The van der Waals surface area contributed by atoms with Crippen LogP contribution in [-0.2, 0) is 21.1 Å². The SMILES string of the molecule is Cc1cnc(Nc2ccc(CN3CCOCC3)cc2)nc1Nc1cccc(S(=O)(=O)CC(C)(C)C)c1. The molecule has 1 aromatic heterocycles. The van der Waals surface area contributed by atoms with Crippen molar-refractivity contribution in [1.29, 1.82) is 0 Å². The van der Waals surface area contributed by atoms with Gasteiger partial charge >= 0.3 is 0 Å². The molecule has 0 radical (unpaired) electrons. The molecular formula is C27H35N5O3S. The fraction of sp³-hybridized carbons (Fsp3) is 0.407. The van der Waals surface area contributed by atoms with Gasteiger partial charge in [0.25, 0.3) is 0 Å². The lowest BCUT2D eigenvalue weighted by molar-refractivity contribution is 0.0342. The number of sulfone groups is 1. The topological polar surface area (TPSA) is 96.4 Å². The Kier molecular flexibility index (Phi) is 7.92. The number of nitrogens with one attached hydrogen (secondary N) is 2. The molecule has 1 aliphatic heterocycles. The van der Waals surface area contributed by atoms with Crippen LogP contribution in [0.2, 0.25) is 0 Å². The van der Waals surface area contributed by atoms with E-state index in [2.05, 4.69) is 37.6 Å². The molecule has 2 aromatic carbocycles. The molecule has 1 fully saturated rings. The maximum Gasteiger partial charge on any atom is 0.229 e. The summed E-state index contributed by atoms with van der Waals surface area (Å²) in [5.41, 5.74) is 3.32. The van der Waals surface area contributed by atoms with Crippen molar-refractivity contribution < 1.29 is 13.2 Å². The van der Waals surface area contributed by atoms with Crippen LogP contribution in [0.4, 0.5) is 23.1 Å². The van der Waals surface area contributed by atoms with E-state index in [4.69, 9.17) is 4.74 Å². The standard InChI is InChI=1S/C27H35N5O3S/c1-20-17-28-26(30-22-10-8-21(9-11-22)18-32-12-14-35-15-13-32)31-25(20)29-23-6-5-7-24(16-23)36(33,34)19-27(2,3)4/h5-11,16-17H,12-15,18-19H2,1-4H3,(H2,28,29,30,31). The van der Waals surface area contributed by atoms with E-state index >= 15 is 0 Å². The second kappa shape index (κ2) is 10.9. The molecule has 3 aromatic rings. The van der Waals surface area contributed by atoms with Gasteiger partial charge in [-0.2, -0.15) is 4.98 Å². The van der Waals surface area contributed by atoms with Gasteiger partial charge in [-0.3, -0.25) is 4.90 Å². The van der Waals surface area contributed by atoms with Crippen molar-refractivity contribution in [2.75, 3.05) is 42.7 Å². The third-order valence-corrected chi connectivity index (χ3v) is 7.99. The van der Waals surface area contributed by atoms with Crippen molar-refractivity contribution in [3.05, 3.63) is 65.9 Å². The molecule has 0 amide bonds. The molecule has 36 heavy (non-hydrogen) atoms. The number of ether oxygens (including phenoxy) is 1. The number of hydrogen-bond donors (Lipinski definition) is 2. The lowest BCUT2D eigenvalue weighted by atomic mass is 10.0. The Balaban J connectivity index is 1.45. The number of anilines is 4. The van der Waals surface area contributed by atoms with E-state index in [1.807, 2.05) is 45.9 Å². The van der Waals surface area contributed by atoms with Crippen molar-refractivity contribution >= 4 is 33.0 Å². The van der Waals surface area contributed by atoms with Gasteiger partial charge in [-0.05, 0) is 48.2 Å². The first kappa shape index (κ1) is 26.1. The summed E-state index contributed by atoms with van der Waals surface area (Å²) in [6.07, 6.45) is 1.74. The fourth-order valence-corrected chi connectivity index (χ4v) is 5.93. The van der Waals surface area contributed by atoms with Crippen LogP contribution < -0.4 is 10.6 Å². The largest absolute Gasteiger partial charge is 0.379 e. The Morgan fingerprint density at radius 1 is 1.00 bits per heavy atom. The van der Waals surface area contributed by atoms with Gasteiger partial charge in [0.2, 0.25) is 5.95 Å². The van der Waals surface area contributed by atoms with Gasteiger partial charge in [0.1, 0.15) is 5.82 Å². The number of aryl methyl sites for hydroxylation is 1. The smallest absolute Gasteiger partial charge is 0.229 e. The number of aromatic nitrogens is 2. The van der Waals surface area contributed by atoms with E-state index in [9.17, 15) is 8.42 Å². The first-order chi connectivity index (χ1) is 17.1. The number of morpholine rings is 1. The summed E-state index contributed by atoms with van der Waals surface area (Å²) in [6.45, 7) is 12.1. The van der Waals surface area contributed by atoms with Crippen LogP contribution in [0.3, 0.4) is 0 Å². The zero-order valence-electron chi connectivity index (χ0n) is 21.4. The molecule has 0 atom stereocenters. The second-order valence-corrected chi connectivity index (χ2v) is 12.4. The van der Waals surface area contributed by atoms with Gasteiger partial charge in [-0.1, -0.05) is 39.0 Å². The third kappa shape index (κ3) is 7.25. The summed E-state index contributed by atoms with van der Waals surface area (Å²) in [6, 6.07) is 15.1. The fourth-order valence-electron chi connectivity index (χ4n) is 4.03. The Morgan fingerprint density at radius 3 is 2.42 bits per heavy atom. The summed E-state index contributed by atoms with van der Waals surface area (Å²) in [5, 5.41) is 6.51. The number of hydrogen-bond acceptors (Lipinski definition) is 8. The molecule has 1 saturated heterocycles. The quantitative estimate of drug-likeness (QED) is 0.442. The highest BCUT2D eigenvalue weighted by Gasteiger charge is 2.23. The second-order valence-electron chi connectivity index (χ2n) is 10.4. The first-order valence-corrected chi connectivity index (χ1v) is 13.8. The maximum absolute atomic E-state index is 12.8. The average molecular weight is 510 g/mol. The van der Waals surface area contributed by atoms with Crippen molar-refractivity contribution in [3.8, 4) is 0 Å². The zero-order chi connectivity index (χ0) is 25.8. The van der Waals surface area contributed by atoms with Crippen molar-refractivity contribution in [2.24, 2.45) is 5.41 Å². The molecule has 0 saturated carbocycles. The first-order valence-electron chi connectivity index (χ1n) is 12.2. The summed E-state index contributed by atoms with van der Waals surface area (Å²) < 4.78 is 31.1. The average Bonchev–Trinajstić information content (AvgIpc) is 2.82. The Bertz CT molecular complexity index is 1280. The summed E-state index contributed by atoms with van der Waals surface area (Å²) in [5.74, 6) is 1.15. The predicted molar refractivity (Wildman–Crippen MR) is 144 cm³/mol. The van der Waals surface area contributed by atoms with E-state index in [0.717, 1.165) is 44.1 Å². The normalized spacial score (nSPS) is 15.0. The summed E-state index contributed by atoms with van der Waals surface area (Å²) >= 11 is 0. The zero-order valence-corrected chi connectivity index (χ0v) is 22.2. The van der Waals surface area contributed by atoms with Crippen molar-refractivity contribution in [1.82, 2.24) is 14.9 Å². The van der Waals surface area contributed by atoms with Gasteiger partial charge in [-0.25, -0.2) is 13.4 Å². The molecule has 0 unspecified atom stereocenters. The van der Waals surface area contributed by atoms with E-state index in [0.29, 0.717) is 22.3 Å². The highest BCUT2D eigenvalue weighted by molar-refractivity contribution is 7.91. The van der Waals surface area contributed by atoms with Gasteiger partial charge in [-0.15, -0.1) is 0 Å². The van der Waals surface area contributed by atoms with Crippen LogP contribution in [0, 0.1) is 12.3 Å². The van der Waals surface area contributed by atoms with Gasteiger partial charge < -0.3 is 15.4 Å². The maximum atomic E-state index is 12.8. The molecule has 1 aliphatic rings. The van der Waals surface area contributed by atoms with Crippen LogP contribution in [0.25, 0.3) is 0 Å². The minimum atomic E-state index is -3.40. The molecule has 8 nitrogen and oxygen atoms in total. The molecule has 9 heteroatoms. The van der Waals surface area contributed by atoms with Crippen molar-refractivity contribution in [2.45, 2.75) is 39.1 Å².